The van der Waals surface area contributed by atoms with Crippen molar-refractivity contribution < 1.29 is 32.0 Å². The fourth-order valence-electron chi connectivity index (χ4n) is 1.83. The molecule has 23 heavy (non-hydrogen) atoms. The van der Waals surface area contributed by atoms with Gasteiger partial charge in [0.2, 0.25) is 0 Å². The van der Waals surface area contributed by atoms with Gasteiger partial charge in [0, 0.05) is 0 Å². The van der Waals surface area contributed by atoms with Gasteiger partial charge in [-0.15, -0.1) is 0 Å². The zero-order valence-electron chi connectivity index (χ0n) is 13.1. The van der Waals surface area contributed by atoms with Crippen molar-refractivity contribution in [1.29, 1.82) is 0 Å². The summed E-state index contributed by atoms with van der Waals surface area (Å²) in [7, 11) is 1.17. The van der Waals surface area contributed by atoms with E-state index in [1.807, 2.05) is 0 Å². The number of carbonyl (C=O) groups excluding carboxylic acids is 4. The Balaban J connectivity index is 3.60. The zero-order valence-corrected chi connectivity index (χ0v) is 17.0. The van der Waals surface area contributed by atoms with Crippen LogP contribution in [0.2, 0.25) is 0 Å². The van der Waals surface area contributed by atoms with Gasteiger partial charge in [-0.25, -0.2) is 0 Å². The molecule has 8 nitrogen and oxygen atoms in total. The van der Waals surface area contributed by atoms with Crippen LogP contribution in [-0.4, -0.2) is 53.5 Å². The van der Waals surface area contributed by atoms with Crippen LogP contribution in [0, 0.1) is 0 Å². The van der Waals surface area contributed by atoms with Crippen LogP contribution >= 0.6 is 0 Å². The molecule has 0 atom stereocenters. The molecule has 0 saturated carbocycles. The SMILES string of the molecule is COC(=O)c1cccc[c]1[Pb]([O]C(C)=O)([O]C(C)=O)[O]C(C)=O. The average molecular weight is 519 g/mol. The van der Waals surface area contributed by atoms with Gasteiger partial charge >= 0.3 is 139 Å². The predicted molar refractivity (Wildman–Crippen MR) is 78.5 cm³/mol. The molecule has 0 aromatic heterocycles. The molecular formula is C14H16O8Pb. The molecule has 124 valence electrons. The summed E-state index contributed by atoms with van der Waals surface area (Å²) in [5, 5.41) is 0. The summed E-state index contributed by atoms with van der Waals surface area (Å²) in [6.45, 7) is 3.26. The molecule has 0 aliphatic carbocycles. The van der Waals surface area contributed by atoms with E-state index in [4.69, 9.17) is 8.06 Å². The van der Waals surface area contributed by atoms with Crippen molar-refractivity contribution in [1.82, 2.24) is 0 Å². The molecule has 0 unspecified atom stereocenters. The summed E-state index contributed by atoms with van der Waals surface area (Å²) >= 11 is -5.42. The molecule has 0 N–H and O–H groups in total. The normalized spacial score (nSPS) is 10.4. The first-order chi connectivity index (χ1) is 10.7. The number of esters is 1. The summed E-state index contributed by atoms with van der Waals surface area (Å²) in [4.78, 5) is 46.4. The molecule has 0 bridgehead atoms. The molecule has 0 aliphatic rings. The second kappa shape index (κ2) is 8.04. The van der Waals surface area contributed by atoms with Gasteiger partial charge < -0.3 is 0 Å². The first kappa shape index (κ1) is 19.1. The first-order valence-corrected chi connectivity index (χ1v) is 13.2. The fourth-order valence-corrected chi connectivity index (χ4v) is 11.2. The number of rotatable bonds is 5. The van der Waals surface area contributed by atoms with E-state index < -0.39 is 46.4 Å². The van der Waals surface area contributed by atoms with Crippen LogP contribution in [0.15, 0.2) is 24.3 Å². The van der Waals surface area contributed by atoms with E-state index in [1.54, 1.807) is 6.07 Å². The molecule has 0 spiro atoms. The van der Waals surface area contributed by atoms with E-state index >= 15 is 0 Å². The Hall–Kier alpha value is -1.98. The molecule has 1 rings (SSSR count). The van der Waals surface area contributed by atoms with E-state index in [0.717, 1.165) is 20.8 Å². The van der Waals surface area contributed by atoms with Crippen LogP contribution in [-0.2, 0) is 27.2 Å². The van der Waals surface area contributed by atoms with Gasteiger partial charge in [0.25, 0.3) is 0 Å². The van der Waals surface area contributed by atoms with Crippen LogP contribution in [0.5, 0.6) is 0 Å². The maximum atomic E-state index is 11.9. The zero-order chi connectivity index (χ0) is 17.6. The minimum atomic E-state index is -5.42. The van der Waals surface area contributed by atoms with Crippen LogP contribution in [0.1, 0.15) is 31.1 Å². The van der Waals surface area contributed by atoms with E-state index in [0.29, 0.717) is 0 Å². The van der Waals surface area contributed by atoms with Gasteiger partial charge in [-0.3, -0.25) is 0 Å². The Morgan fingerprint density at radius 3 is 1.65 bits per heavy atom. The van der Waals surface area contributed by atoms with Gasteiger partial charge in [0.1, 0.15) is 0 Å². The second-order valence-corrected chi connectivity index (χ2v) is 13.2. The number of methoxy groups -OCH3 is 1. The Bertz CT molecular complexity index is 599. The molecule has 0 amide bonds. The summed E-state index contributed by atoms with van der Waals surface area (Å²) in [6.07, 6.45) is 0. The number of hydrogen-bond donors (Lipinski definition) is 0. The van der Waals surface area contributed by atoms with Crippen molar-refractivity contribution in [3.63, 3.8) is 0 Å². The number of ether oxygens (including phenoxy) is 1. The molecule has 0 aliphatic heterocycles. The third-order valence-corrected chi connectivity index (χ3v) is 13.2. The summed E-state index contributed by atoms with van der Waals surface area (Å²) < 4.78 is 20.2. The van der Waals surface area contributed by atoms with Crippen LogP contribution < -0.4 is 3.12 Å². The predicted octanol–water partition coefficient (Wildman–Crippen LogP) is 0.308. The third kappa shape index (κ3) is 5.01. The number of carbonyl (C=O) groups is 4. The van der Waals surface area contributed by atoms with E-state index in [-0.39, 0.29) is 8.69 Å². The van der Waals surface area contributed by atoms with E-state index in [2.05, 4.69) is 4.74 Å². The molecule has 1 aromatic carbocycles. The third-order valence-electron chi connectivity index (χ3n) is 2.50. The average Bonchev–Trinajstić information content (AvgIpc) is 2.44. The molecule has 0 heterocycles. The van der Waals surface area contributed by atoms with Crippen LogP contribution in [0.3, 0.4) is 0 Å². The van der Waals surface area contributed by atoms with Crippen molar-refractivity contribution in [2.45, 2.75) is 20.8 Å². The van der Waals surface area contributed by atoms with Gasteiger partial charge in [-0.2, -0.15) is 0 Å². The Morgan fingerprint density at radius 1 is 0.826 bits per heavy atom. The van der Waals surface area contributed by atoms with Crippen molar-refractivity contribution in [3.8, 4) is 0 Å². The standard InChI is InChI=1S/C8H7O2.3C2H4O2.Pb/c1-10-8(9)7-5-3-2-4-6-7;3*1-2(3)4;/h2-5H,1H3;3*1H3,(H,3,4);/q;;;;+3/p-3. The first-order valence-electron chi connectivity index (χ1n) is 6.48. The van der Waals surface area contributed by atoms with Crippen molar-refractivity contribution in [2.24, 2.45) is 0 Å². The Morgan fingerprint density at radius 2 is 1.26 bits per heavy atom. The van der Waals surface area contributed by atoms with Gasteiger partial charge in [-0.05, 0) is 0 Å². The van der Waals surface area contributed by atoms with Crippen molar-refractivity contribution in [3.05, 3.63) is 29.8 Å². The molecule has 0 radical (unpaired) electrons. The number of benzene rings is 1. The second-order valence-electron chi connectivity index (χ2n) is 4.37. The van der Waals surface area contributed by atoms with Gasteiger partial charge in [0.15, 0.2) is 0 Å². The molecular weight excluding hydrogens is 503 g/mol. The van der Waals surface area contributed by atoms with Gasteiger partial charge in [-0.1, -0.05) is 0 Å². The molecule has 0 saturated heterocycles. The quantitative estimate of drug-likeness (QED) is 0.405. The van der Waals surface area contributed by atoms with Crippen LogP contribution in [0.25, 0.3) is 0 Å². The molecule has 9 heteroatoms. The molecule has 0 fully saturated rings. The fraction of sp³-hybridized carbons (Fsp3) is 0.286. The topological polar surface area (TPSA) is 105 Å². The summed E-state index contributed by atoms with van der Waals surface area (Å²) in [5.74, 6) is -3.13. The van der Waals surface area contributed by atoms with E-state index in [1.165, 1.54) is 25.3 Å². The summed E-state index contributed by atoms with van der Waals surface area (Å²) in [5.41, 5.74) is 0.000386. The Kier molecular flexibility index (Phi) is 6.66. The van der Waals surface area contributed by atoms with Gasteiger partial charge in [0.05, 0.1) is 0 Å². The monoisotopic (exact) mass is 520 g/mol. The summed E-state index contributed by atoms with van der Waals surface area (Å²) in [6, 6.07) is 5.88. The van der Waals surface area contributed by atoms with E-state index in [9.17, 15) is 19.2 Å². The van der Waals surface area contributed by atoms with Crippen molar-refractivity contribution >= 4 is 49.5 Å². The minimum absolute atomic E-state index is 0.000386. The molecule has 1 aromatic rings. The maximum absolute atomic E-state index is 11.9. The number of hydrogen-bond acceptors (Lipinski definition) is 8. The Labute approximate surface area is 139 Å². The van der Waals surface area contributed by atoms with Crippen molar-refractivity contribution in [2.75, 3.05) is 7.11 Å². The van der Waals surface area contributed by atoms with Crippen LogP contribution in [0.4, 0.5) is 0 Å².